The lowest BCUT2D eigenvalue weighted by Crippen LogP contribution is -2.54. The molecular weight excluding hydrogens is 713 g/mol. The maximum absolute atomic E-state index is 13.9. The Kier molecular flexibility index (Phi) is 11.2. The molecule has 4 N–H and O–H groups in total. The number of carbonyl (C=O) groups excluding carboxylic acids is 4. The third kappa shape index (κ3) is 7.61. The molecular formula is C42H52N8O6. The number of alkyl carbamates (subject to hydrolysis) is 2. The summed E-state index contributed by atoms with van der Waals surface area (Å²) in [6, 6.07) is 15.0. The minimum atomic E-state index is -0.687. The molecule has 6 atom stereocenters. The molecule has 2 bridgehead atoms. The number of hydrogen-bond donors (Lipinski definition) is 4. The first-order valence-electron chi connectivity index (χ1n) is 19.6. The van der Waals surface area contributed by atoms with E-state index >= 15 is 0 Å². The van der Waals surface area contributed by atoms with Gasteiger partial charge in [-0.1, -0.05) is 76.2 Å². The first kappa shape index (κ1) is 38.6. The third-order valence-electron chi connectivity index (χ3n) is 11.7. The Bertz CT molecular complexity index is 2040. The topological polar surface area (TPSA) is 175 Å². The maximum atomic E-state index is 13.9. The molecule has 2 aliphatic heterocycles. The van der Waals surface area contributed by atoms with Crippen LogP contribution >= 0.6 is 0 Å². The molecule has 1 saturated carbocycles. The van der Waals surface area contributed by atoms with Crippen molar-refractivity contribution in [2.24, 2.45) is 17.8 Å². The van der Waals surface area contributed by atoms with Gasteiger partial charge in [-0.2, -0.15) is 0 Å². The summed E-state index contributed by atoms with van der Waals surface area (Å²) in [5.41, 5.74) is 5.83. The van der Waals surface area contributed by atoms with Crippen LogP contribution in [0.4, 0.5) is 9.59 Å². The number of benzene rings is 2. The Hall–Kier alpha value is -5.66. The summed E-state index contributed by atoms with van der Waals surface area (Å²) in [6.45, 7) is 8.25. The molecule has 2 aromatic carbocycles. The molecule has 2 aromatic heterocycles. The number of nitrogens with zero attached hydrogens (tertiary/aromatic N) is 4. The number of methoxy groups -OCH3 is 2. The number of aromatic nitrogens is 4. The zero-order valence-electron chi connectivity index (χ0n) is 32.9. The standard InChI is InChI=1S/C42H52N8O6/c1-23(2)34(47-41(53)55-5)39(51)49-19-7-8-33(49)37-43-21-31(45-37)27-13-9-25(10-14-27)26-11-15-28(16-12-26)32-22-44-38(46-32)36-29-17-18-30(20-29)50(36)40(52)35(24(3)4)48-42(54)56-6/h9-16,21-24,29-30,33-36H,7-8,17-20H2,1-6H3,(H,43,45)(H,44,46)(H,47,53)(H,48,54)/t29-,30-,33-,34+,35-,36+/m0/s1. The first-order valence-corrected chi connectivity index (χ1v) is 19.6. The summed E-state index contributed by atoms with van der Waals surface area (Å²) < 4.78 is 9.57. The van der Waals surface area contributed by atoms with Crippen molar-refractivity contribution in [1.82, 2.24) is 40.4 Å². The molecule has 2 saturated heterocycles. The van der Waals surface area contributed by atoms with Crippen LogP contribution in [0.3, 0.4) is 0 Å². The molecule has 14 heteroatoms. The molecule has 4 amide bonds. The van der Waals surface area contributed by atoms with E-state index in [0.717, 1.165) is 77.4 Å². The van der Waals surface area contributed by atoms with E-state index < -0.39 is 24.3 Å². The monoisotopic (exact) mass is 764 g/mol. The van der Waals surface area contributed by atoms with Gasteiger partial charge in [0.1, 0.15) is 23.7 Å². The van der Waals surface area contributed by atoms with Crippen LogP contribution in [0.2, 0.25) is 0 Å². The summed E-state index contributed by atoms with van der Waals surface area (Å²) in [5, 5.41) is 5.45. The van der Waals surface area contributed by atoms with Gasteiger partial charge < -0.3 is 39.9 Å². The van der Waals surface area contributed by atoms with Crippen LogP contribution in [0.1, 0.15) is 83.5 Å². The van der Waals surface area contributed by atoms with Crippen LogP contribution in [0.5, 0.6) is 0 Å². The van der Waals surface area contributed by atoms with Gasteiger partial charge in [-0.25, -0.2) is 19.6 Å². The van der Waals surface area contributed by atoms with Gasteiger partial charge in [0.25, 0.3) is 0 Å². The van der Waals surface area contributed by atoms with Gasteiger partial charge in [0.15, 0.2) is 0 Å². The largest absolute Gasteiger partial charge is 0.453 e. The third-order valence-corrected chi connectivity index (χ3v) is 11.7. The van der Waals surface area contributed by atoms with Gasteiger partial charge in [-0.3, -0.25) is 9.59 Å². The molecule has 4 aromatic rings. The van der Waals surface area contributed by atoms with Gasteiger partial charge in [0.2, 0.25) is 11.8 Å². The molecule has 56 heavy (non-hydrogen) atoms. The second-order valence-electron chi connectivity index (χ2n) is 15.8. The van der Waals surface area contributed by atoms with Crippen LogP contribution < -0.4 is 10.6 Å². The Morgan fingerprint density at radius 1 is 0.696 bits per heavy atom. The molecule has 0 spiro atoms. The average Bonchev–Trinajstić information content (AvgIpc) is 4.06. The number of hydrogen-bond acceptors (Lipinski definition) is 8. The van der Waals surface area contributed by atoms with E-state index in [1.54, 1.807) is 6.20 Å². The average molecular weight is 765 g/mol. The smallest absolute Gasteiger partial charge is 0.407 e. The Labute approximate surface area is 327 Å². The SMILES string of the molecule is COC(=O)N[C@H](C(=O)N1[C@H]2CC[C@@H](C2)[C@@H]1c1ncc(-c2ccc(-c3ccc(-c4cnc([C@@H]5CCCN5C(=O)[C@H](NC(=O)OC)C(C)C)[nH]4)cc3)cc2)[nH]1)C(C)C. The number of imidazole rings is 2. The number of nitrogens with one attached hydrogen (secondary N) is 4. The van der Waals surface area contributed by atoms with E-state index in [4.69, 9.17) is 14.5 Å². The molecule has 1 aliphatic carbocycles. The van der Waals surface area contributed by atoms with Crippen molar-refractivity contribution in [2.45, 2.75) is 90.0 Å². The van der Waals surface area contributed by atoms with Crippen molar-refractivity contribution in [2.75, 3.05) is 20.8 Å². The van der Waals surface area contributed by atoms with Crippen molar-refractivity contribution in [3.63, 3.8) is 0 Å². The van der Waals surface area contributed by atoms with E-state index in [1.165, 1.54) is 14.2 Å². The van der Waals surface area contributed by atoms with Crippen molar-refractivity contribution in [3.05, 3.63) is 72.6 Å². The van der Waals surface area contributed by atoms with Crippen LogP contribution in [0.25, 0.3) is 33.6 Å². The van der Waals surface area contributed by atoms with E-state index in [9.17, 15) is 19.2 Å². The molecule has 14 nitrogen and oxygen atoms in total. The fraction of sp³-hybridized carbons (Fsp3) is 0.476. The number of fused-ring (bicyclic) bond motifs is 2. The summed E-state index contributed by atoms with van der Waals surface area (Å²) >= 11 is 0. The van der Waals surface area contributed by atoms with Gasteiger partial charge >= 0.3 is 12.2 Å². The van der Waals surface area contributed by atoms with E-state index in [0.29, 0.717) is 12.5 Å². The number of amides is 4. The Morgan fingerprint density at radius 2 is 1.20 bits per heavy atom. The van der Waals surface area contributed by atoms with Crippen LogP contribution in [-0.2, 0) is 19.1 Å². The molecule has 3 fully saturated rings. The zero-order valence-corrected chi connectivity index (χ0v) is 32.9. The quantitative estimate of drug-likeness (QED) is 0.132. The molecule has 0 unspecified atom stereocenters. The summed E-state index contributed by atoms with van der Waals surface area (Å²) in [5.74, 6) is 1.37. The van der Waals surface area contributed by atoms with E-state index in [1.807, 2.05) is 43.7 Å². The highest BCUT2D eigenvalue weighted by atomic mass is 16.5. The highest BCUT2D eigenvalue weighted by molar-refractivity contribution is 5.87. The Morgan fingerprint density at radius 3 is 1.73 bits per heavy atom. The van der Waals surface area contributed by atoms with Gasteiger partial charge in [0.05, 0.1) is 50.1 Å². The summed E-state index contributed by atoms with van der Waals surface area (Å²) in [7, 11) is 2.59. The van der Waals surface area contributed by atoms with Crippen LogP contribution in [0, 0.1) is 17.8 Å². The number of likely N-dealkylation sites (tertiary alicyclic amines) is 2. The highest BCUT2D eigenvalue weighted by Gasteiger charge is 2.51. The fourth-order valence-corrected chi connectivity index (χ4v) is 8.68. The second-order valence-corrected chi connectivity index (χ2v) is 15.8. The molecule has 4 heterocycles. The number of piperidine rings is 1. The zero-order chi connectivity index (χ0) is 39.7. The summed E-state index contributed by atoms with van der Waals surface area (Å²) in [4.78, 5) is 71.7. The van der Waals surface area contributed by atoms with Crippen molar-refractivity contribution in [3.8, 4) is 33.6 Å². The van der Waals surface area contributed by atoms with Gasteiger partial charge in [-0.15, -0.1) is 0 Å². The Balaban J connectivity index is 1.02. The second kappa shape index (κ2) is 16.2. The number of aromatic amines is 2. The number of rotatable bonds is 11. The normalized spacial score (nSPS) is 21.4. The fourth-order valence-electron chi connectivity index (χ4n) is 8.68. The lowest BCUT2D eigenvalue weighted by molar-refractivity contribution is -0.139. The molecule has 3 aliphatic rings. The predicted molar refractivity (Wildman–Crippen MR) is 210 cm³/mol. The number of H-pyrrole nitrogens is 2. The summed E-state index contributed by atoms with van der Waals surface area (Å²) in [6.07, 6.45) is 6.96. The van der Waals surface area contributed by atoms with E-state index in [-0.39, 0.29) is 41.8 Å². The molecule has 7 rings (SSSR count). The van der Waals surface area contributed by atoms with Crippen molar-refractivity contribution >= 4 is 24.0 Å². The minimum Gasteiger partial charge on any atom is -0.453 e. The van der Waals surface area contributed by atoms with E-state index in [2.05, 4.69) is 74.1 Å². The molecule has 0 radical (unpaired) electrons. The first-order chi connectivity index (χ1) is 27.0. The van der Waals surface area contributed by atoms with Gasteiger partial charge in [0, 0.05) is 12.6 Å². The predicted octanol–water partition coefficient (Wildman–Crippen LogP) is 6.61. The lowest BCUT2D eigenvalue weighted by Gasteiger charge is -2.37. The minimum absolute atomic E-state index is 0.0949. The number of ether oxygens (including phenoxy) is 2. The number of carbonyl (C=O) groups is 4. The van der Waals surface area contributed by atoms with Crippen LogP contribution in [0.15, 0.2) is 60.9 Å². The van der Waals surface area contributed by atoms with Crippen LogP contribution in [-0.4, -0.2) is 92.6 Å². The van der Waals surface area contributed by atoms with Crippen molar-refractivity contribution < 1.29 is 28.7 Å². The highest BCUT2D eigenvalue weighted by Crippen LogP contribution is 2.50. The van der Waals surface area contributed by atoms with Crippen molar-refractivity contribution in [1.29, 1.82) is 0 Å². The lowest BCUT2D eigenvalue weighted by atomic mass is 9.95. The maximum Gasteiger partial charge on any atom is 0.407 e. The molecule has 296 valence electrons. The van der Waals surface area contributed by atoms with Gasteiger partial charge in [-0.05, 0) is 72.1 Å².